The summed E-state index contributed by atoms with van der Waals surface area (Å²) >= 11 is 6.62. The summed E-state index contributed by atoms with van der Waals surface area (Å²) < 4.78 is 7.51. The van der Waals surface area contributed by atoms with Gasteiger partial charge in [-0.25, -0.2) is 0 Å². The number of thiazole rings is 1. The van der Waals surface area contributed by atoms with Crippen molar-refractivity contribution < 1.29 is 9.53 Å². The predicted molar refractivity (Wildman–Crippen MR) is 109 cm³/mol. The zero-order valence-corrected chi connectivity index (χ0v) is 16.1. The Hall–Kier alpha value is -2.64. The third-order valence-corrected chi connectivity index (χ3v) is 5.40. The lowest BCUT2D eigenvalue weighted by atomic mass is 10.1. The van der Waals surface area contributed by atoms with Gasteiger partial charge in [0.1, 0.15) is 16.4 Å². The fourth-order valence-electron chi connectivity index (χ4n) is 2.60. The first-order valence-corrected chi connectivity index (χ1v) is 9.32. The van der Waals surface area contributed by atoms with Crippen LogP contribution in [0.5, 0.6) is 5.75 Å². The number of benzene rings is 2. The summed E-state index contributed by atoms with van der Waals surface area (Å²) in [6.45, 7) is 2.10. The number of nitrogens with one attached hydrogen (secondary N) is 1. The van der Waals surface area contributed by atoms with Crippen LogP contribution in [0.3, 0.4) is 0 Å². The first kappa shape index (κ1) is 18.2. The van der Waals surface area contributed by atoms with E-state index in [2.05, 4.69) is 12.2 Å². The maximum atomic E-state index is 12.7. The smallest absolute Gasteiger partial charge is 0.269 e. The molecule has 134 valence electrons. The average molecular weight is 386 g/mol. The quantitative estimate of drug-likeness (QED) is 0.626. The third kappa shape index (κ3) is 3.49. The van der Waals surface area contributed by atoms with Gasteiger partial charge in [-0.05, 0) is 48.5 Å². The van der Waals surface area contributed by atoms with Crippen molar-refractivity contribution in [3.05, 3.63) is 62.9 Å². The number of hydrogen-bond acceptors (Lipinski definition) is 5. The highest BCUT2D eigenvalue weighted by atomic mass is 32.1. The number of aromatic nitrogens is 1. The molecule has 2 aromatic carbocycles. The van der Waals surface area contributed by atoms with Crippen molar-refractivity contribution in [3.63, 3.8) is 0 Å². The summed E-state index contributed by atoms with van der Waals surface area (Å²) in [5, 5.41) is 2.84. The highest BCUT2D eigenvalue weighted by Crippen LogP contribution is 2.29. The summed E-state index contributed by atoms with van der Waals surface area (Å²) in [6, 6.07) is 15.2. The molecule has 1 heterocycles. The number of nitrogens with two attached hydrogens (primary N) is 1. The minimum atomic E-state index is -0.313. The van der Waals surface area contributed by atoms with E-state index in [1.54, 1.807) is 23.8 Å². The fraction of sp³-hybridized carbons (Fsp3) is 0.158. The van der Waals surface area contributed by atoms with Crippen molar-refractivity contribution in [3.8, 4) is 11.4 Å². The molecule has 3 aromatic rings. The Balaban J connectivity index is 1.94. The molecule has 3 rings (SSSR count). The molecule has 3 N–H and O–H groups in total. The second kappa shape index (κ2) is 7.72. The van der Waals surface area contributed by atoms with Crippen molar-refractivity contribution in [1.29, 1.82) is 0 Å². The van der Waals surface area contributed by atoms with Gasteiger partial charge < -0.3 is 15.8 Å². The highest BCUT2D eigenvalue weighted by Gasteiger charge is 2.19. The number of nitrogen functional groups attached to an aromatic ring is 1. The SMILES string of the molecule is CCc1ccc(-n2c(N)c(C(=O)Nc3ccccc3OC)sc2=S)cc1. The maximum absolute atomic E-state index is 12.7. The average Bonchev–Trinajstić information content (AvgIpc) is 2.96. The van der Waals surface area contributed by atoms with Gasteiger partial charge in [-0.2, -0.15) is 0 Å². The van der Waals surface area contributed by atoms with Crippen molar-refractivity contribution >= 4 is 41.0 Å². The topological polar surface area (TPSA) is 69.3 Å². The summed E-state index contributed by atoms with van der Waals surface area (Å²) in [5.74, 6) is 0.598. The first-order chi connectivity index (χ1) is 12.5. The number of aryl methyl sites for hydroxylation is 1. The molecule has 7 heteroatoms. The molecule has 0 bridgehead atoms. The van der Waals surface area contributed by atoms with Crippen LogP contribution in [0.15, 0.2) is 48.5 Å². The van der Waals surface area contributed by atoms with Crippen LogP contribution in [0.1, 0.15) is 22.2 Å². The minimum Gasteiger partial charge on any atom is -0.495 e. The molecule has 0 spiro atoms. The molecule has 0 aliphatic carbocycles. The van der Waals surface area contributed by atoms with Crippen molar-refractivity contribution in [2.24, 2.45) is 0 Å². The molecular weight excluding hydrogens is 366 g/mol. The van der Waals surface area contributed by atoms with Crippen LogP contribution in [0.25, 0.3) is 5.69 Å². The van der Waals surface area contributed by atoms with Crippen LogP contribution in [0.4, 0.5) is 11.5 Å². The number of amides is 1. The number of hydrogen-bond donors (Lipinski definition) is 2. The standard InChI is InChI=1S/C19H19N3O2S2/c1-3-12-8-10-13(11-9-12)22-17(20)16(26-19(22)25)18(23)21-14-6-4-5-7-15(14)24-2/h4-11H,3,20H2,1-2H3,(H,21,23). The molecule has 0 radical (unpaired) electrons. The van der Waals surface area contributed by atoms with Gasteiger partial charge in [-0.3, -0.25) is 9.36 Å². The van der Waals surface area contributed by atoms with Crippen LogP contribution in [-0.4, -0.2) is 17.6 Å². The lowest BCUT2D eigenvalue weighted by Gasteiger charge is -2.10. The van der Waals surface area contributed by atoms with Crippen molar-refractivity contribution in [1.82, 2.24) is 4.57 Å². The van der Waals surface area contributed by atoms with E-state index in [4.69, 9.17) is 22.7 Å². The number of para-hydroxylation sites is 2. The third-order valence-electron chi connectivity index (χ3n) is 4.01. The molecular formula is C19H19N3O2S2. The van der Waals surface area contributed by atoms with Gasteiger partial charge in [0.05, 0.1) is 12.8 Å². The van der Waals surface area contributed by atoms with Gasteiger partial charge in [0.2, 0.25) is 0 Å². The largest absolute Gasteiger partial charge is 0.495 e. The monoisotopic (exact) mass is 385 g/mol. The second-order valence-electron chi connectivity index (χ2n) is 5.59. The Bertz CT molecular complexity index is 991. The van der Waals surface area contributed by atoms with Gasteiger partial charge in [-0.1, -0.05) is 42.5 Å². The van der Waals surface area contributed by atoms with Gasteiger partial charge in [0.15, 0.2) is 3.95 Å². The molecule has 5 nitrogen and oxygen atoms in total. The van der Waals surface area contributed by atoms with E-state index >= 15 is 0 Å². The van der Waals surface area contributed by atoms with E-state index in [0.717, 1.165) is 12.1 Å². The molecule has 0 aliphatic rings. The van der Waals surface area contributed by atoms with E-state index in [1.807, 2.05) is 36.4 Å². The number of rotatable bonds is 5. The summed E-state index contributed by atoms with van der Waals surface area (Å²) in [4.78, 5) is 13.1. The maximum Gasteiger partial charge on any atom is 0.269 e. The lowest BCUT2D eigenvalue weighted by molar-refractivity contribution is 0.103. The highest BCUT2D eigenvalue weighted by molar-refractivity contribution is 7.73. The van der Waals surface area contributed by atoms with E-state index in [-0.39, 0.29) is 5.91 Å². The van der Waals surface area contributed by atoms with Gasteiger partial charge in [-0.15, -0.1) is 0 Å². The van der Waals surface area contributed by atoms with Crippen LogP contribution in [0, 0.1) is 3.95 Å². The number of anilines is 2. The molecule has 0 atom stereocenters. The Labute approximate surface area is 161 Å². The molecule has 0 saturated heterocycles. The van der Waals surface area contributed by atoms with Crippen LogP contribution >= 0.6 is 23.6 Å². The summed E-state index contributed by atoms with van der Waals surface area (Å²) in [6.07, 6.45) is 0.956. The number of methoxy groups -OCH3 is 1. The number of carbonyl (C=O) groups excluding carboxylic acids is 1. The summed E-state index contributed by atoms with van der Waals surface area (Å²) in [5.41, 5.74) is 8.90. The normalized spacial score (nSPS) is 10.5. The second-order valence-corrected chi connectivity index (χ2v) is 7.24. The van der Waals surface area contributed by atoms with Gasteiger partial charge in [0.25, 0.3) is 5.91 Å². The van der Waals surface area contributed by atoms with E-state index in [0.29, 0.717) is 26.1 Å². The summed E-state index contributed by atoms with van der Waals surface area (Å²) in [7, 11) is 1.56. The molecule has 0 fully saturated rings. The zero-order valence-electron chi connectivity index (χ0n) is 14.5. The number of nitrogens with zero attached hydrogens (tertiary/aromatic N) is 1. The molecule has 26 heavy (non-hydrogen) atoms. The molecule has 0 unspecified atom stereocenters. The van der Waals surface area contributed by atoms with E-state index in [1.165, 1.54) is 16.9 Å². The molecule has 1 amide bonds. The zero-order chi connectivity index (χ0) is 18.7. The molecule has 1 aromatic heterocycles. The Morgan fingerprint density at radius 3 is 2.58 bits per heavy atom. The van der Waals surface area contributed by atoms with Crippen molar-refractivity contribution in [2.75, 3.05) is 18.2 Å². The van der Waals surface area contributed by atoms with Crippen LogP contribution in [-0.2, 0) is 6.42 Å². The van der Waals surface area contributed by atoms with Gasteiger partial charge in [0, 0.05) is 5.69 Å². The van der Waals surface area contributed by atoms with Crippen molar-refractivity contribution in [2.45, 2.75) is 13.3 Å². The van der Waals surface area contributed by atoms with Gasteiger partial charge >= 0.3 is 0 Å². The lowest BCUT2D eigenvalue weighted by Crippen LogP contribution is -2.14. The predicted octanol–water partition coefficient (Wildman–Crippen LogP) is 4.67. The minimum absolute atomic E-state index is 0.313. The Morgan fingerprint density at radius 1 is 1.23 bits per heavy atom. The van der Waals surface area contributed by atoms with Crippen LogP contribution < -0.4 is 15.8 Å². The Morgan fingerprint density at radius 2 is 1.92 bits per heavy atom. The van der Waals surface area contributed by atoms with E-state index < -0.39 is 0 Å². The molecule has 0 saturated carbocycles. The number of ether oxygens (including phenoxy) is 1. The first-order valence-electron chi connectivity index (χ1n) is 8.10. The Kier molecular flexibility index (Phi) is 5.39. The fourth-order valence-corrected chi connectivity index (χ4v) is 3.86. The molecule has 0 aliphatic heterocycles. The van der Waals surface area contributed by atoms with Crippen LogP contribution in [0.2, 0.25) is 0 Å². The van der Waals surface area contributed by atoms with E-state index in [9.17, 15) is 4.79 Å². The number of carbonyl (C=O) groups is 1.